The average molecular weight is 317 g/mol. The summed E-state index contributed by atoms with van der Waals surface area (Å²) in [6, 6.07) is 10.4. The molecule has 0 spiro atoms. The van der Waals surface area contributed by atoms with Crippen molar-refractivity contribution in [1.82, 2.24) is 10.6 Å². The van der Waals surface area contributed by atoms with E-state index in [2.05, 4.69) is 48.7 Å². The van der Waals surface area contributed by atoms with Gasteiger partial charge in [0.15, 0.2) is 0 Å². The number of benzene rings is 1. The molecule has 128 valence electrons. The van der Waals surface area contributed by atoms with Gasteiger partial charge in [-0.3, -0.25) is 4.79 Å². The summed E-state index contributed by atoms with van der Waals surface area (Å²) in [7, 11) is 0. The Balaban J connectivity index is 1.95. The van der Waals surface area contributed by atoms with Gasteiger partial charge < -0.3 is 16.4 Å². The first-order valence-corrected chi connectivity index (χ1v) is 8.92. The highest BCUT2D eigenvalue weighted by Crippen LogP contribution is 2.31. The van der Waals surface area contributed by atoms with E-state index in [-0.39, 0.29) is 23.5 Å². The van der Waals surface area contributed by atoms with Crippen molar-refractivity contribution in [2.45, 2.75) is 70.0 Å². The number of hydrogen-bond donors (Lipinski definition) is 3. The summed E-state index contributed by atoms with van der Waals surface area (Å²) in [6.45, 7) is 4.91. The van der Waals surface area contributed by atoms with Crippen molar-refractivity contribution in [1.29, 1.82) is 0 Å². The molecule has 2 atom stereocenters. The standard InChI is InChI=1S/C19H31N3O/c1-3-9-17(20)18(23)21-14-19(12-7-8-13-19)22-15(2)16-10-5-4-6-11-16/h4-6,10-11,15,17,22H,3,7-9,12-14,20H2,1-2H3,(H,21,23). The Morgan fingerprint density at radius 3 is 2.52 bits per heavy atom. The molecule has 4 N–H and O–H groups in total. The third kappa shape index (κ3) is 5.05. The molecule has 4 heteroatoms. The number of carbonyl (C=O) groups excluding carboxylic acids is 1. The van der Waals surface area contributed by atoms with E-state index in [0.29, 0.717) is 6.54 Å². The molecule has 4 nitrogen and oxygen atoms in total. The maximum atomic E-state index is 12.1. The Kier molecular flexibility index (Phi) is 6.60. The quantitative estimate of drug-likeness (QED) is 0.690. The highest BCUT2D eigenvalue weighted by molar-refractivity contribution is 5.81. The van der Waals surface area contributed by atoms with Crippen molar-refractivity contribution in [3.05, 3.63) is 35.9 Å². The first-order chi connectivity index (χ1) is 11.1. The van der Waals surface area contributed by atoms with Crippen LogP contribution in [0.1, 0.15) is 64.0 Å². The number of rotatable bonds is 8. The molecule has 1 aromatic carbocycles. The molecule has 1 saturated carbocycles. The highest BCUT2D eigenvalue weighted by atomic mass is 16.2. The van der Waals surface area contributed by atoms with Gasteiger partial charge >= 0.3 is 0 Å². The molecule has 2 unspecified atom stereocenters. The Morgan fingerprint density at radius 1 is 1.26 bits per heavy atom. The molecular weight excluding hydrogens is 286 g/mol. The second kappa shape index (κ2) is 8.46. The lowest BCUT2D eigenvalue weighted by Gasteiger charge is -2.34. The third-order valence-electron chi connectivity index (χ3n) is 4.92. The van der Waals surface area contributed by atoms with Gasteiger partial charge in [0.2, 0.25) is 5.91 Å². The SMILES string of the molecule is CCCC(N)C(=O)NCC1(NC(C)c2ccccc2)CCCC1. The lowest BCUT2D eigenvalue weighted by atomic mass is 9.94. The summed E-state index contributed by atoms with van der Waals surface area (Å²) < 4.78 is 0. The maximum absolute atomic E-state index is 12.1. The van der Waals surface area contributed by atoms with Crippen LogP contribution in [0.25, 0.3) is 0 Å². The number of nitrogens with one attached hydrogen (secondary N) is 2. The Morgan fingerprint density at radius 2 is 1.91 bits per heavy atom. The fourth-order valence-corrected chi connectivity index (χ4v) is 3.54. The van der Waals surface area contributed by atoms with E-state index < -0.39 is 0 Å². The van der Waals surface area contributed by atoms with Gasteiger partial charge in [-0.25, -0.2) is 0 Å². The molecule has 1 aliphatic carbocycles. The van der Waals surface area contributed by atoms with E-state index in [0.717, 1.165) is 25.7 Å². The predicted octanol–water partition coefficient (Wildman–Crippen LogP) is 2.89. The summed E-state index contributed by atoms with van der Waals surface area (Å²) in [5.41, 5.74) is 7.20. The normalized spacial score (nSPS) is 19.3. The smallest absolute Gasteiger partial charge is 0.236 e. The molecule has 1 fully saturated rings. The molecule has 0 radical (unpaired) electrons. The van der Waals surface area contributed by atoms with Crippen LogP contribution in [0, 0.1) is 0 Å². The van der Waals surface area contributed by atoms with E-state index in [9.17, 15) is 4.79 Å². The zero-order valence-electron chi connectivity index (χ0n) is 14.5. The molecule has 0 aliphatic heterocycles. The lowest BCUT2D eigenvalue weighted by molar-refractivity contribution is -0.122. The van der Waals surface area contributed by atoms with Crippen LogP contribution >= 0.6 is 0 Å². The Labute approximate surface area is 140 Å². The zero-order valence-corrected chi connectivity index (χ0v) is 14.5. The monoisotopic (exact) mass is 317 g/mol. The van der Waals surface area contributed by atoms with Gasteiger partial charge in [0.05, 0.1) is 6.04 Å². The van der Waals surface area contributed by atoms with Crippen LogP contribution in [0.15, 0.2) is 30.3 Å². The molecule has 0 bridgehead atoms. The Hall–Kier alpha value is -1.39. The van der Waals surface area contributed by atoms with Crippen molar-refractivity contribution in [3.63, 3.8) is 0 Å². The van der Waals surface area contributed by atoms with Gasteiger partial charge in [-0.1, -0.05) is 56.5 Å². The summed E-state index contributed by atoms with van der Waals surface area (Å²) in [5.74, 6) is -0.0210. The molecule has 1 aromatic rings. The molecule has 0 heterocycles. The van der Waals surface area contributed by atoms with Crippen molar-refractivity contribution < 1.29 is 4.79 Å². The van der Waals surface area contributed by atoms with Crippen molar-refractivity contribution in [2.24, 2.45) is 5.73 Å². The third-order valence-corrected chi connectivity index (χ3v) is 4.92. The van der Waals surface area contributed by atoms with E-state index in [1.807, 2.05) is 6.07 Å². The maximum Gasteiger partial charge on any atom is 0.236 e. The van der Waals surface area contributed by atoms with Gasteiger partial charge in [0.25, 0.3) is 0 Å². The van der Waals surface area contributed by atoms with Crippen LogP contribution < -0.4 is 16.4 Å². The van der Waals surface area contributed by atoms with Crippen molar-refractivity contribution >= 4 is 5.91 Å². The summed E-state index contributed by atoms with van der Waals surface area (Å²) in [5, 5.41) is 6.86. The average Bonchev–Trinajstić information content (AvgIpc) is 3.02. The van der Waals surface area contributed by atoms with E-state index >= 15 is 0 Å². The first kappa shape index (κ1) is 18.0. The molecule has 0 aromatic heterocycles. The zero-order chi connectivity index (χ0) is 16.7. The van der Waals surface area contributed by atoms with Crippen LogP contribution in [-0.4, -0.2) is 24.0 Å². The Bertz CT molecular complexity index is 483. The first-order valence-electron chi connectivity index (χ1n) is 8.92. The van der Waals surface area contributed by atoms with Crippen LogP contribution in [-0.2, 0) is 4.79 Å². The van der Waals surface area contributed by atoms with Crippen molar-refractivity contribution in [2.75, 3.05) is 6.54 Å². The minimum atomic E-state index is -0.384. The van der Waals surface area contributed by atoms with E-state index in [4.69, 9.17) is 5.73 Å². The van der Waals surface area contributed by atoms with Gasteiger partial charge in [0.1, 0.15) is 0 Å². The van der Waals surface area contributed by atoms with Gasteiger partial charge in [0, 0.05) is 18.1 Å². The molecule has 0 saturated heterocycles. The predicted molar refractivity (Wildman–Crippen MR) is 95.1 cm³/mol. The molecule has 2 rings (SSSR count). The van der Waals surface area contributed by atoms with Gasteiger partial charge in [-0.05, 0) is 31.7 Å². The number of hydrogen-bond acceptors (Lipinski definition) is 3. The number of nitrogens with two attached hydrogens (primary N) is 1. The fourth-order valence-electron chi connectivity index (χ4n) is 3.54. The number of carbonyl (C=O) groups is 1. The van der Waals surface area contributed by atoms with E-state index in [1.165, 1.54) is 18.4 Å². The second-order valence-electron chi connectivity index (χ2n) is 6.88. The summed E-state index contributed by atoms with van der Waals surface area (Å²) >= 11 is 0. The van der Waals surface area contributed by atoms with Gasteiger partial charge in [-0.2, -0.15) is 0 Å². The number of amides is 1. The topological polar surface area (TPSA) is 67.2 Å². The van der Waals surface area contributed by atoms with Crippen LogP contribution in [0.4, 0.5) is 0 Å². The second-order valence-corrected chi connectivity index (χ2v) is 6.88. The van der Waals surface area contributed by atoms with Crippen LogP contribution in [0.2, 0.25) is 0 Å². The van der Waals surface area contributed by atoms with E-state index in [1.54, 1.807) is 0 Å². The van der Waals surface area contributed by atoms with Crippen LogP contribution in [0.5, 0.6) is 0 Å². The van der Waals surface area contributed by atoms with Crippen LogP contribution in [0.3, 0.4) is 0 Å². The molecule has 23 heavy (non-hydrogen) atoms. The molecular formula is C19H31N3O. The summed E-state index contributed by atoms with van der Waals surface area (Å²) in [4.78, 5) is 12.1. The minimum Gasteiger partial charge on any atom is -0.353 e. The summed E-state index contributed by atoms with van der Waals surface area (Å²) in [6.07, 6.45) is 6.31. The largest absolute Gasteiger partial charge is 0.353 e. The minimum absolute atomic E-state index is 0.00312. The molecule has 1 aliphatic rings. The van der Waals surface area contributed by atoms with Crippen molar-refractivity contribution in [3.8, 4) is 0 Å². The highest BCUT2D eigenvalue weighted by Gasteiger charge is 2.35. The fraction of sp³-hybridized carbons (Fsp3) is 0.632. The van der Waals surface area contributed by atoms with Gasteiger partial charge in [-0.15, -0.1) is 0 Å². The molecule has 1 amide bonds. The lowest BCUT2D eigenvalue weighted by Crippen LogP contribution is -2.54.